The number of nitrogens with two attached hydrogens (primary N) is 1. The molecule has 1 aromatic carbocycles. The first kappa shape index (κ1) is 14.0. The molecule has 5 nitrogen and oxygen atoms in total. The zero-order chi connectivity index (χ0) is 13.8. The molecule has 0 spiro atoms. The molecule has 0 radical (unpaired) electrons. The third-order valence-electron chi connectivity index (χ3n) is 3.31. The van der Waals surface area contributed by atoms with Crippen molar-refractivity contribution in [2.75, 3.05) is 33.3 Å². The van der Waals surface area contributed by atoms with E-state index in [0.717, 1.165) is 31.7 Å². The van der Waals surface area contributed by atoms with E-state index >= 15 is 0 Å². The molecule has 1 aromatic rings. The molecule has 1 saturated heterocycles. The van der Waals surface area contributed by atoms with Crippen molar-refractivity contribution < 1.29 is 9.84 Å². The molecule has 1 heterocycles. The molecule has 1 fully saturated rings. The highest BCUT2D eigenvalue weighted by atomic mass is 32.1. The minimum absolute atomic E-state index is 0.119. The number of benzene rings is 1. The smallest absolute Gasteiger partial charge is 0.160 e. The summed E-state index contributed by atoms with van der Waals surface area (Å²) >= 11 is 5.20. The topological polar surface area (TPSA) is 70.8 Å². The van der Waals surface area contributed by atoms with Gasteiger partial charge in [0, 0.05) is 26.2 Å². The Morgan fingerprint density at radius 3 is 2.74 bits per heavy atom. The summed E-state index contributed by atoms with van der Waals surface area (Å²) in [5, 5.41) is 13.0. The van der Waals surface area contributed by atoms with E-state index < -0.39 is 0 Å². The van der Waals surface area contributed by atoms with Gasteiger partial charge in [-0.3, -0.25) is 4.90 Å². The molecule has 0 aliphatic carbocycles. The van der Waals surface area contributed by atoms with Gasteiger partial charge in [0.25, 0.3) is 0 Å². The number of hydrogen-bond donors (Lipinski definition) is 3. The van der Waals surface area contributed by atoms with Gasteiger partial charge in [0.05, 0.1) is 18.1 Å². The van der Waals surface area contributed by atoms with Gasteiger partial charge in [0.1, 0.15) is 0 Å². The third kappa shape index (κ3) is 3.15. The molecule has 6 heteroatoms. The van der Waals surface area contributed by atoms with Gasteiger partial charge in [0.2, 0.25) is 0 Å². The molecular formula is C13H19N3O2S. The van der Waals surface area contributed by atoms with Crippen LogP contribution < -0.4 is 15.8 Å². The van der Waals surface area contributed by atoms with E-state index in [1.54, 1.807) is 12.1 Å². The van der Waals surface area contributed by atoms with E-state index in [1.165, 1.54) is 7.11 Å². The first-order valence-electron chi connectivity index (χ1n) is 6.24. The molecule has 19 heavy (non-hydrogen) atoms. The summed E-state index contributed by atoms with van der Waals surface area (Å²) in [5.74, 6) is 0.558. The lowest BCUT2D eigenvalue weighted by Crippen LogP contribution is -2.48. The van der Waals surface area contributed by atoms with Crippen LogP contribution in [-0.4, -0.2) is 48.3 Å². The van der Waals surface area contributed by atoms with Crippen LogP contribution in [0.2, 0.25) is 0 Å². The predicted octanol–water partition coefficient (Wildman–Crippen LogP) is 0.633. The highest BCUT2D eigenvalue weighted by molar-refractivity contribution is 7.80. The number of phenols is 1. The number of nitrogens with one attached hydrogen (secondary N) is 1. The van der Waals surface area contributed by atoms with Crippen molar-refractivity contribution in [2.24, 2.45) is 5.73 Å². The number of methoxy groups -OCH3 is 1. The van der Waals surface area contributed by atoms with Gasteiger partial charge in [0.15, 0.2) is 11.5 Å². The van der Waals surface area contributed by atoms with E-state index in [4.69, 9.17) is 22.7 Å². The number of aromatic hydroxyl groups is 1. The summed E-state index contributed by atoms with van der Waals surface area (Å²) in [6, 6.07) is 5.12. The SMILES string of the molecule is COc1cc(C(C(N)=S)N2CCNCC2)ccc1O. The van der Waals surface area contributed by atoms with Crippen LogP contribution in [0.15, 0.2) is 18.2 Å². The summed E-state index contributed by atoms with van der Waals surface area (Å²) in [5.41, 5.74) is 6.84. The van der Waals surface area contributed by atoms with E-state index in [2.05, 4.69) is 10.2 Å². The molecule has 0 aromatic heterocycles. The minimum atomic E-state index is -0.119. The quantitative estimate of drug-likeness (QED) is 0.703. The highest BCUT2D eigenvalue weighted by Gasteiger charge is 2.25. The van der Waals surface area contributed by atoms with Gasteiger partial charge >= 0.3 is 0 Å². The van der Waals surface area contributed by atoms with Gasteiger partial charge < -0.3 is 20.9 Å². The fraction of sp³-hybridized carbons (Fsp3) is 0.462. The van der Waals surface area contributed by atoms with Crippen molar-refractivity contribution in [3.05, 3.63) is 23.8 Å². The lowest BCUT2D eigenvalue weighted by atomic mass is 10.0. The van der Waals surface area contributed by atoms with Crippen molar-refractivity contribution in [3.63, 3.8) is 0 Å². The number of hydrogen-bond acceptors (Lipinski definition) is 5. The number of ether oxygens (including phenoxy) is 1. The maximum Gasteiger partial charge on any atom is 0.160 e. The maximum absolute atomic E-state index is 9.65. The second-order valence-corrected chi connectivity index (χ2v) is 4.99. The number of piperazine rings is 1. The van der Waals surface area contributed by atoms with Crippen LogP contribution in [0.5, 0.6) is 11.5 Å². The Bertz CT molecular complexity index is 461. The number of rotatable bonds is 4. The monoisotopic (exact) mass is 281 g/mol. The Labute approximate surface area is 118 Å². The van der Waals surface area contributed by atoms with Crippen LogP contribution in [0, 0.1) is 0 Å². The number of thiocarbonyl (C=S) groups is 1. The van der Waals surface area contributed by atoms with E-state index in [0.29, 0.717) is 10.7 Å². The van der Waals surface area contributed by atoms with E-state index in [1.807, 2.05) is 6.07 Å². The molecule has 1 aliphatic rings. The highest BCUT2D eigenvalue weighted by Crippen LogP contribution is 2.31. The summed E-state index contributed by atoms with van der Waals surface area (Å²) in [7, 11) is 1.53. The molecule has 4 N–H and O–H groups in total. The molecule has 104 valence electrons. The summed E-state index contributed by atoms with van der Waals surface area (Å²) in [6.07, 6.45) is 0. The molecule has 0 amide bonds. The van der Waals surface area contributed by atoms with Crippen LogP contribution in [0.1, 0.15) is 11.6 Å². The predicted molar refractivity (Wildman–Crippen MR) is 78.6 cm³/mol. The van der Waals surface area contributed by atoms with Crippen molar-refractivity contribution >= 4 is 17.2 Å². The van der Waals surface area contributed by atoms with Gasteiger partial charge in [-0.15, -0.1) is 0 Å². The molecular weight excluding hydrogens is 262 g/mol. The summed E-state index contributed by atoms with van der Waals surface area (Å²) < 4.78 is 5.14. The van der Waals surface area contributed by atoms with Gasteiger partial charge in [-0.05, 0) is 17.7 Å². The normalized spacial score (nSPS) is 17.9. The average Bonchev–Trinajstić information content (AvgIpc) is 2.41. The lowest BCUT2D eigenvalue weighted by Gasteiger charge is -2.34. The molecule has 2 rings (SSSR count). The van der Waals surface area contributed by atoms with Crippen molar-refractivity contribution in [3.8, 4) is 11.5 Å². The van der Waals surface area contributed by atoms with Gasteiger partial charge in [-0.25, -0.2) is 0 Å². The average molecular weight is 281 g/mol. The van der Waals surface area contributed by atoms with Crippen LogP contribution >= 0.6 is 12.2 Å². The Balaban J connectivity index is 2.30. The molecule has 0 bridgehead atoms. The zero-order valence-corrected chi connectivity index (χ0v) is 11.7. The molecule has 1 atom stereocenters. The lowest BCUT2D eigenvalue weighted by molar-refractivity contribution is 0.214. The van der Waals surface area contributed by atoms with Gasteiger partial charge in [-0.2, -0.15) is 0 Å². The van der Waals surface area contributed by atoms with Crippen LogP contribution in [0.4, 0.5) is 0 Å². The number of nitrogens with zero attached hydrogens (tertiary/aromatic N) is 1. The van der Waals surface area contributed by atoms with Crippen molar-refractivity contribution in [1.29, 1.82) is 0 Å². The van der Waals surface area contributed by atoms with Crippen LogP contribution in [0.3, 0.4) is 0 Å². The summed E-state index contributed by atoms with van der Waals surface area (Å²) in [4.78, 5) is 2.68. The second kappa shape index (κ2) is 6.18. The van der Waals surface area contributed by atoms with E-state index in [-0.39, 0.29) is 11.8 Å². The fourth-order valence-electron chi connectivity index (χ4n) is 2.36. The zero-order valence-electron chi connectivity index (χ0n) is 10.9. The minimum Gasteiger partial charge on any atom is -0.504 e. The maximum atomic E-state index is 9.65. The Morgan fingerprint density at radius 2 is 2.16 bits per heavy atom. The summed E-state index contributed by atoms with van der Waals surface area (Å²) in [6.45, 7) is 3.64. The van der Waals surface area contributed by atoms with Crippen molar-refractivity contribution in [1.82, 2.24) is 10.2 Å². The standard InChI is InChI=1S/C13H19N3O2S/c1-18-11-8-9(2-3-10(11)17)12(13(14)19)16-6-4-15-5-7-16/h2-3,8,12,15,17H,4-7H2,1H3,(H2,14,19). The fourth-order valence-corrected chi connectivity index (χ4v) is 2.64. The third-order valence-corrected chi connectivity index (χ3v) is 3.53. The van der Waals surface area contributed by atoms with Crippen molar-refractivity contribution in [2.45, 2.75) is 6.04 Å². The first-order chi connectivity index (χ1) is 9.13. The first-order valence-corrected chi connectivity index (χ1v) is 6.65. The Morgan fingerprint density at radius 1 is 1.47 bits per heavy atom. The van der Waals surface area contributed by atoms with Crippen LogP contribution in [-0.2, 0) is 0 Å². The van der Waals surface area contributed by atoms with E-state index in [9.17, 15) is 5.11 Å². The number of phenolic OH excluding ortho intramolecular Hbond substituents is 1. The largest absolute Gasteiger partial charge is 0.504 e. The Kier molecular flexibility index (Phi) is 4.57. The molecule has 0 saturated carbocycles. The molecule has 1 aliphatic heterocycles. The van der Waals surface area contributed by atoms with Crippen LogP contribution in [0.25, 0.3) is 0 Å². The second-order valence-electron chi connectivity index (χ2n) is 4.52. The van der Waals surface area contributed by atoms with Gasteiger partial charge in [-0.1, -0.05) is 18.3 Å². The molecule has 1 unspecified atom stereocenters. The Hall–Kier alpha value is -1.37.